The van der Waals surface area contributed by atoms with E-state index < -0.39 is 0 Å². The Labute approximate surface area is 205 Å². The summed E-state index contributed by atoms with van der Waals surface area (Å²) in [5, 5.41) is 1.95. The average Bonchev–Trinajstić information content (AvgIpc) is 3.44. The largest absolute Gasteiger partial charge is 0.450 e. The van der Waals surface area contributed by atoms with Crippen LogP contribution in [-0.4, -0.2) is 25.9 Å². The Morgan fingerprint density at radius 1 is 0.912 bits per heavy atom. The number of aromatic nitrogens is 2. The zero-order valence-corrected chi connectivity index (χ0v) is 19.7. The number of carbonyl (C=O) groups excluding carboxylic acids is 1. The predicted octanol–water partition coefficient (Wildman–Crippen LogP) is 5.89. The minimum Gasteiger partial charge on any atom is -0.450 e. The Morgan fingerprint density at radius 2 is 1.62 bits per heavy atom. The van der Waals surface area contributed by atoms with Gasteiger partial charge in [0.1, 0.15) is 5.76 Å². The number of benzene rings is 2. The minimum atomic E-state index is -0.0855. The van der Waals surface area contributed by atoms with E-state index in [0.29, 0.717) is 39.2 Å². The molecule has 168 valence electrons. The summed E-state index contributed by atoms with van der Waals surface area (Å²) in [7, 11) is 0. The van der Waals surface area contributed by atoms with E-state index in [9.17, 15) is 4.79 Å². The molecule has 2 aromatic heterocycles. The Morgan fingerprint density at radius 3 is 2.35 bits per heavy atom. The van der Waals surface area contributed by atoms with Crippen molar-refractivity contribution >= 4 is 40.7 Å². The monoisotopic (exact) mass is 484 g/mol. The van der Waals surface area contributed by atoms with Crippen LogP contribution in [0.3, 0.4) is 0 Å². The van der Waals surface area contributed by atoms with E-state index in [4.69, 9.17) is 9.41 Å². The van der Waals surface area contributed by atoms with Crippen molar-refractivity contribution in [2.75, 3.05) is 0 Å². The SMILES string of the molecule is O=C1/C(=C/c2ccc(Sc3ncccn3)o2)SC(=NCc2ccccc2)N1Cc1ccccc1. The number of thioether (sulfide) groups is 1. The number of hydrogen-bond donors (Lipinski definition) is 0. The maximum Gasteiger partial charge on any atom is 0.267 e. The van der Waals surface area contributed by atoms with Crippen molar-refractivity contribution in [3.63, 3.8) is 0 Å². The summed E-state index contributed by atoms with van der Waals surface area (Å²) in [6.45, 7) is 0.968. The first kappa shape index (κ1) is 22.2. The Kier molecular flexibility index (Phi) is 6.88. The van der Waals surface area contributed by atoms with Crippen LogP contribution in [0.25, 0.3) is 6.08 Å². The molecule has 2 aromatic carbocycles. The lowest BCUT2D eigenvalue weighted by molar-refractivity contribution is -0.122. The Hall–Kier alpha value is -3.62. The van der Waals surface area contributed by atoms with E-state index in [1.807, 2.05) is 72.8 Å². The molecule has 1 fully saturated rings. The molecule has 0 bridgehead atoms. The van der Waals surface area contributed by atoms with E-state index in [1.54, 1.807) is 29.4 Å². The molecular weight excluding hydrogens is 464 g/mol. The summed E-state index contributed by atoms with van der Waals surface area (Å²) in [5.41, 5.74) is 2.14. The maximum absolute atomic E-state index is 13.3. The third-order valence-corrected chi connectivity index (χ3v) is 6.78. The van der Waals surface area contributed by atoms with Gasteiger partial charge in [-0.1, -0.05) is 60.7 Å². The molecule has 1 amide bonds. The van der Waals surface area contributed by atoms with Crippen molar-refractivity contribution in [1.29, 1.82) is 0 Å². The maximum atomic E-state index is 13.3. The van der Waals surface area contributed by atoms with Gasteiger partial charge in [-0.25, -0.2) is 9.97 Å². The highest BCUT2D eigenvalue weighted by Gasteiger charge is 2.33. The van der Waals surface area contributed by atoms with Crippen LogP contribution in [-0.2, 0) is 17.9 Å². The standard InChI is InChI=1S/C26H20N4O2S2/c31-24-22(16-21-12-13-23(32-21)34-25-27-14-7-15-28-25)33-26(29-17-19-8-3-1-4-9-19)30(24)18-20-10-5-2-6-11-20/h1-16H,17-18H2/b22-16-,29-26?. The van der Waals surface area contributed by atoms with Gasteiger partial charge in [0.15, 0.2) is 15.4 Å². The van der Waals surface area contributed by atoms with Crippen LogP contribution in [0, 0.1) is 0 Å². The van der Waals surface area contributed by atoms with Crippen LogP contribution in [0.5, 0.6) is 0 Å². The molecule has 4 aromatic rings. The van der Waals surface area contributed by atoms with Gasteiger partial charge in [-0.05, 0) is 52.8 Å². The second kappa shape index (κ2) is 10.5. The van der Waals surface area contributed by atoms with Gasteiger partial charge in [0.05, 0.1) is 18.0 Å². The molecule has 6 nitrogen and oxygen atoms in total. The number of hydrogen-bond acceptors (Lipinski definition) is 7. The summed E-state index contributed by atoms with van der Waals surface area (Å²) in [4.78, 5) is 28.8. The highest BCUT2D eigenvalue weighted by atomic mass is 32.2. The molecule has 0 spiro atoms. The van der Waals surface area contributed by atoms with Gasteiger partial charge >= 0.3 is 0 Å². The van der Waals surface area contributed by atoms with E-state index in [2.05, 4.69) is 9.97 Å². The first-order valence-corrected chi connectivity index (χ1v) is 12.3. The van der Waals surface area contributed by atoms with Crippen molar-refractivity contribution in [3.8, 4) is 0 Å². The predicted molar refractivity (Wildman–Crippen MR) is 135 cm³/mol. The fourth-order valence-electron chi connectivity index (χ4n) is 3.30. The van der Waals surface area contributed by atoms with Crippen molar-refractivity contribution in [3.05, 3.63) is 113 Å². The molecule has 1 saturated heterocycles. The minimum absolute atomic E-state index is 0.0855. The van der Waals surface area contributed by atoms with Crippen molar-refractivity contribution in [1.82, 2.24) is 14.9 Å². The van der Waals surface area contributed by atoms with E-state index in [0.717, 1.165) is 11.1 Å². The summed E-state index contributed by atoms with van der Waals surface area (Å²) in [5.74, 6) is 0.510. The number of carbonyl (C=O) groups is 1. The number of amides is 1. The first-order chi connectivity index (χ1) is 16.7. The molecule has 8 heteroatoms. The van der Waals surface area contributed by atoms with Gasteiger partial charge in [-0.15, -0.1) is 0 Å². The number of rotatable bonds is 7. The van der Waals surface area contributed by atoms with Crippen molar-refractivity contribution in [2.45, 2.75) is 23.3 Å². The highest BCUT2D eigenvalue weighted by Crippen LogP contribution is 2.35. The zero-order chi connectivity index (χ0) is 23.2. The first-order valence-electron chi connectivity index (χ1n) is 10.6. The molecule has 1 aliphatic rings. The molecule has 0 N–H and O–H groups in total. The zero-order valence-electron chi connectivity index (χ0n) is 18.1. The topological polar surface area (TPSA) is 71.6 Å². The number of furan rings is 1. The average molecular weight is 485 g/mol. The molecular formula is C26H20N4O2S2. The van der Waals surface area contributed by atoms with Crippen LogP contribution < -0.4 is 0 Å². The molecule has 1 aliphatic heterocycles. The lowest BCUT2D eigenvalue weighted by atomic mass is 10.2. The molecule has 3 heterocycles. The van der Waals surface area contributed by atoms with Gasteiger partial charge in [0.2, 0.25) is 0 Å². The molecule has 34 heavy (non-hydrogen) atoms. The van der Waals surface area contributed by atoms with Crippen molar-refractivity contribution < 1.29 is 9.21 Å². The van der Waals surface area contributed by atoms with Gasteiger partial charge in [-0.2, -0.15) is 0 Å². The summed E-state index contributed by atoms with van der Waals surface area (Å²) in [6.07, 6.45) is 5.14. The highest BCUT2D eigenvalue weighted by molar-refractivity contribution is 8.18. The lowest BCUT2D eigenvalue weighted by Crippen LogP contribution is -2.28. The van der Waals surface area contributed by atoms with E-state index >= 15 is 0 Å². The van der Waals surface area contributed by atoms with Crippen LogP contribution in [0.2, 0.25) is 0 Å². The summed E-state index contributed by atoms with van der Waals surface area (Å²) in [6, 6.07) is 25.4. The van der Waals surface area contributed by atoms with E-state index in [-0.39, 0.29) is 5.91 Å². The van der Waals surface area contributed by atoms with Crippen molar-refractivity contribution in [2.24, 2.45) is 4.99 Å². The van der Waals surface area contributed by atoms with Crippen LogP contribution in [0.4, 0.5) is 0 Å². The van der Waals surface area contributed by atoms with Crippen LogP contribution in [0.1, 0.15) is 16.9 Å². The quantitative estimate of drug-likeness (QED) is 0.240. The molecule has 0 radical (unpaired) electrons. The van der Waals surface area contributed by atoms with Gasteiger partial charge < -0.3 is 4.42 Å². The number of aliphatic imine (C=N–C) groups is 1. The normalized spacial score (nSPS) is 16.0. The number of nitrogens with zero attached hydrogens (tertiary/aromatic N) is 4. The molecule has 0 aliphatic carbocycles. The van der Waals surface area contributed by atoms with Crippen LogP contribution >= 0.6 is 23.5 Å². The summed E-state index contributed by atoms with van der Waals surface area (Å²) >= 11 is 2.70. The Bertz CT molecular complexity index is 1320. The van der Waals surface area contributed by atoms with Gasteiger partial charge in [0.25, 0.3) is 5.91 Å². The second-order valence-electron chi connectivity index (χ2n) is 7.36. The smallest absolute Gasteiger partial charge is 0.267 e. The summed E-state index contributed by atoms with van der Waals surface area (Å²) < 4.78 is 5.90. The molecule has 0 saturated carbocycles. The molecule has 5 rings (SSSR count). The van der Waals surface area contributed by atoms with Gasteiger partial charge in [0, 0.05) is 18.5 Å². The fraction of sp³-hybridized carbons (Fsp3) is 0.0769. The number of amidine groups is 1. The second-order valence-corrected chi connectivity index (χ2v) is 9.34. The fourth-order valence-corrected chi connectivity index (χ4v) is 4.93. The van der Waals surface area contributed by atoms with Gasteiger partial charge in [-0.3, -0.25) is 14.7 Å². The van der Waals surface area contributed by atoms with E-state index in [1.165, 1.54) is 23.5 Å². The Balaban J connectivity index is 1.38. The third kappa shape index (κ3) is 5.47. The van der Waals surface area contributed by atoms with Crippen LogP contribution in [0.15, 0.2) is 116 Å². The lowest BCUT2D eigenvalue weighted by Gasteiger charge is -2.15. The molecule has 0 atom stereocenters. The third-order valence-electron chi connectivity index (χ3n) is 4.92. The molecule has 0 unspecified atom stereocenters.